The van der Waals surface area contributed by atoms with Gasteiger partial charge >= 0.3 is 0 Å². The second-order valence-corrected chi connectivity index (χ2v) is 5.28. The summed E-state index contributed by atoms with van der Waals surface area (Å²) < 4.78 is 5.10. The maximum absolute atomic E-state index is 11.9. The summed E-state index contributed by atoms with van der Waals surface area (Å²) in [5.41, 5.74) is 0.244. The average Bonchev–Trinajstić information content (AvgIpc) is 3.04. The molecule has 2 N–H and O–H groups in total. The Morgan fingerprint density at radius 2 is 2.32 bits per heavy atom. The van der Waals surface area contributed by atoms with Crippen LogP contribution in [0.15, 0.2) is 0 Å². The zero-order valence-corrected chi connectivity index (χ0v) is 11.7. The van der Waals surface area contributed by atoms with Crippen LogP contribution in [0.25, 0.3) is 0 Å². The number of rotatable bonds is 8. The topological polar surface area (TPSA) is 79.9 Å². The first kappa shape index (κ1) is 14.0. The van der Waals surface area contributed by atoms with E-state index in [0.717, 1.165) is 44.5 Å². The number of nitrogens with one attached hydrogen (secondary N) is 2. The van der Waals surface area contributed by atoms with Crippen LogP contribution in [0.1, 0.15) is 49.1 Å². The fourth-order valence-corrected chi connectivity index (χ4v) is 2.10. The van der Waals surface area contributed by atoms with E-state index in [0.29, 0.717) is 6.54 Å². The molecule has 1 amide bonds. The monoisotopic (exact) mass is 266 g/mol. The third-order valence-corrected chi connectivity index (χ3v) is 3.64. The molecule has 1 aliphatic rings. The van der Waals surface area contributed by atoms with Crippen molar-refractivity contribution in [2.45, 2.75) is 39.0 Å². The van der Waals surface area contributed by atoms with Crippen LogP contribution in [0.3, 0.4) is 0 Å². The Hall–Kier alpha value is -1.43. The number of carbonyl (C=O) groups is 1. The molecular weight excluding hydrogens is 244 g/mol. The number of hydrogen-bond donors (Lipinski definition) is 2. The maximum Gasteiger partial charge on any atom is 0.290 e. The molecule has 19 heavy (non-hydrogen) atoms. The molecule has 1 fully saturated rings. The molecule has 6 nitrogen and oxygen atoms in total. The van der Waals surface area contributed by atoms with Crippen LogP contribution < -0.4 is 5.32 Å². The molecular formula is C13H22N4O2. The van der Waals surface area contributed by atoms with Crippen molar-refractivity contribution in [1.82, 2.24) is 20.5 Å². The van der Waals surface area contributed by atoms with E-state index in [-0.39, 0.29) is 17.1 Å². The van der Waals surface area contributed by atoms with Crippen LogP contribution in [-0.2, 0) is 11.2 Å². The number of H-pyrrole nitrogens is 1. The van der Waals surface area contributed by atoms with Gasteiger partial charge in [-0.1, -0.05) is 6.92 Å². The highest BCUT2D eigenvalue weighted by molar-refractivity contribution is 5.90. The number of amides is 1. The molecule has 1 aliphatic carbocycles. The standard InChI is InChI=1S/C13H22N4O2/c1-3-4-10-15-11(17-16-10)12(18)14-9-13(5-6-13)7-8-19-2/h3-9H2,1-2H3,(H,14,18)(H,15,16,17). The second-order valence-electron chi connectivity index (χ2n) is 5.28. The van der Waals surface area contributed by atoms with Gasteiger partial charge in [-0.3, -0.25) is 9.89 Å². The van der Waals surface area contributed by atoms with Crippen LogP contribution in [0.5, 0.6) is 0 Å². The molecule has 0 aliphatic heterocycles. The van der Waals surface area contributed by atoms with E-state index in [1.54, 1.807) is 7.11 Å². The highest BCUT2D eigenvalue weighted by Gasteiger charge is 2.42. The zero-order chi connectivity index (χ0) is 13.7. The first-order chi connectivity index (χ1) is 9.19. The molecule has 0 atom stereocenters. The molecule has 6 heteroatoms. The normalized spacial score (nSPS) is 16.3. The van der Waals surface area contributed by atoms with Crippen molar-refractivity contribution < 1.29 is 9.53 Å². The van der Waals surface area contributed by atoms with Crippen molar-refractivity contribution in [2.75, 3.05) is 20.3 Å². The Bertz CT molecular complexity index is 426. The number of carbonyl (C=O) groups excluding carboxylic acids is 1. The van der Waals surface area contributed by atoms with Crippen molar-refractivity contribution in [3.63, 3.8) is 0 Å². The van der Waals surface area contributed by atoms with Crippen molar-refractivity contribution in [3.05, 3.63) is 11.6 Å². The molecule has 0 radical (unpaired) electrons. The third-order valence-electron chi connectivity index (χ3n) is 3.64. The third kappa shape index (κ3) is 3.76. The van der Waals surface area contributed by atoms with Gasteiger partial charge < -0.3 is 10.1 Å². The van der Waals surface area contributed by atoms with Gasteiger partial charge in [-0.2, -0.15) is 0 Å². The highest BCUT2D eigenvalue weighted by Crippen LogP contribution is 2.48. The summed E-state index contributed by atoms with van der Waals surface area (Å²) in [6, 6.07) is 0. The molecule has 1 saturated carbocycles. The van der Waals surface area contributed by atoms with Crippen molar-refractivity contribution in [2.24, 2.45) is 5.41 Å². The summed E-state index contributed by atoms with van der Waals surface area (Å²) in [6.45, 7) is 3.50. The first-order valence-corrected chi connectivity index (χ1v) is 6.87. The SMILES string of the molecule is CCCc1nc(C(=O)NCC2(CCOC)CC2)n[nH]1. The average molecular weight is 266 g/mol. The molecule has 0 spiro atoms. The molecule has 1 aromatic rings. The molecule has 0 aromatic carbocycles. The molecule has 1 heterocycles. The summed E-state index contributed by atoms with van der Waals surface area (Å²) in [5, 5.41) is 9.66. The largest absolute Gasteiger partial charge is 0.385 e. The lowest BCUT2D eigenvalue weighted by atomic mass is 10.0. The summed E-state index contributed by atoms with van der Waals surface area (Å²) in [4.78, 5) is 16.1. The minimum Gasteiger partial charge on any atom is -0.385 e. The zero-order valence-electron chi connectivity index (χ0n) is 11.7. The summed E-state index contributed by atoms with van der Waals surface area (Å²) in [6.07, 6.45) is 5.12. The van der Waals surface area contributed by atoms with E-state index in [4.69, 9.17) is 4.74 Å². The van der Waals surface area contributed by atoms with Gasteiger partial charge in [-0.05, 0) is 31.1 Å². The lowest BCUT2D eigenvalue weighted by Crippen LogP contribution is -2.31. The van der Waals surface area contributed by atoms with Gasteiger partial charge in [0.1, 0.15) is 5.82 Å². The van der Waals surface area contributed by atoms with Crippen molar-refractivity contribution in [1.29, 1.82) is 0 Å². The number of nitrogens with zero attached hydrogens (tertiary/aromatic N) is 2. The van der Waals surface area contributed by atoms with E-state index < -0.39 is 0 Å². The Morgan fingerprint density at radius 1 is 1.53 bits per heavy atom. The van der Waals surface area contributed by atoms with Crippen LogP contribution in [0.2, 0.25) is 0 Å². The molecule has 2 rings (SSSR count). The van der Waals surface area contributed by atoms with E-state index in [9.17, 15) is 4.79 Å². The predicted octanol–water partition coefficient (Wildman–Crippen LogP) is 1.30. The second kappa shape index (κ2) is 6.14. The van der Waals surface area contributed by atoms with E-state index in [2.05, 4.69) is 27.4 Å². The van der Waals surface area contributed by atoms with E-state index in [1.807, 2.05) is 0 Å². The van der Waals surface area contributed by atoms with E-state index in [1.165, 1.54) is 0 Å². The van der Waals surface area contributed by atoms with Gasteiger partial charge in [0.25, 0.3) is 5.91 Å². The van der Waals surface area contributed by atoms with Crippen molar-refractivity contribution in [3.8, 4) is 0 Å². The van der Waals surface area contributed by atoms with Gasteiger partial charge in [0.2, 0.25) is 5.82 Å². The lowest BCUT2D eigenvalue weighted by molar-refractivity contribution is 0.0928. The Labute approximate surface area is 113 Å². The van der Waals surface area contributed by atoms with Gasteiger partial charge in [-0.25, -0.2) is 4.98 Å². The number of aromatic nitrogens is 3. The Morgan fingerprint density at radius 3 is 2.95 bits per heavy atom. The maximum atomic E-state index is 11.9. The van der Waals surface area contributed by atoms with E-state index >= 15 is 0 Å². The molecule has 1 aromatic heterocycles. The lowest BCUT2D eigenvalue weighted by Gasteiger charge is -2.14. The minimum absolute atomic E-state index is 0.192. The van der Waals surface area contributed by atoms with Crippen LogP contribution in [0, 0.1) is 5.41 Å². The molecule has 0 bridgehead atoms. The fraction of sp³-hybridized carbons (Fsp3) is 0.769. The number of ether oxygens (including phenoxy) is 1. The van der Waals surface area contributed by atoms with Crippen LogP contribution in [-0.4, -0.2) is 41.3 Å². The molecule has 0 saturated heterocycles. The van der Waals surface area contributed by atoms with Gasteiger partial charge in [0, 0.05) is 26.7 Å². The Kier molecular flexibility index (Phi) is 4.52. The van der Waals surface area contributed by atoms with Gasteiger partial charge in [0.15, 0.2) is 0 Å². The number of hydrogen-bond acceptors (Lipinski definition) is 4. The van der Waals surface area contributed by atoms with Crippen LogP contribution >= 0.6 is 0 Å². The molecule has 0 unspecified atom stereocenters. The fourth-order valence-electron chi connectivity index (χ4n) is 2.10. The van der Waals surface area contributed by atoms with Gasteiger partial charge in [-0.15, -0.1) is 5.10 Å². The van der Waals surface area contributed by atoms with Gasteiger partial charge in [0.05, 0.1) is 0 Å². The predicted molar refractivity (Wildman–Crippen MR) is 70.9 cm³/mol. The Balaban J connectivity index is 1.80. The minimum atomic E-state index is -0.192. The van der Waals surface area contributed by atoms with Crippen molar-refractivity contribution >= 4 is 5.91 Å². The summed E-state index contributed by atoms with van der Waals surface area (Å²) >= 11 is 0. The smallest absolute Gasteiger partial charge is 0.290 e. The highest BCUT2D eigenvalue weighted by atomic mass is 16.5. The summed E-state index contributed by atoms with van der Waals surface area (Å²) in [7, 11) is 1.71. The number of aryl methyl sites for hydroxylation is 1. The molecule has 106 valence electrons. The summed E-state index contributed by atoms with van der Waals surface area (Å²) in [5.74, 6) is 0.821. The number of aromatic amines is 1. The first-order valence-electron chi connectivity index (χ1n) is 6.87. The number of methoxy groups -OCH3 is 1. The quantitative estimate of drug-likeness (QED) is 0.743. The van der Waals surface area contributed by atoms with Crippen LogP contribution in [0.4, 0.5) is 0 Å².